The van der Waals surface area contributed by atoms with E-state index in [0.717, 1.165) is 22.5 Å². The lowest BCUT2D eigenvalue weighted by Crippen LogP contribution is -2.27. The molecular weight excluding hydrogens is 536 g/mol. The third kappa shape index (κ3) is 4.63. The highest BCUT2D eigenvalue weighted by Gasteiger charge is 2.22. The quantitative estimate of drug-likeness (QED) is 0.249. The molecule has 0 saturated carbocycles. The molecule has 8 nitrogen and oxygen atoms in total. The number of benzene rings is 1. The van der Waals surface area contributed by atoms with E-state index in [0.29, 0.717) is 45.5 Å². The molecular formula is C29H26ClF2N7O. The number of hydrogen-bond donors (Lipinski definition) is 1. The summed E-state index contributed by atoms with van der Waals surface area (Å²) in [5.41, 5.74) is 5.07. The number of aliphatic hydroxyl groups is 1. The molecule has 204 valence electrons. The number of halogens is 3. The van der Waals surface area contributed by atoms with Crippen LogP contribution in [0.5, 0.6) is 0 Å². The normalized spacial score (nSPS) is 12.3. The summed E-state index contributed by atoms with van der Waals surface area (Å²) in [5, 5.41) is 20.0. The smallest absolute Gasteiger partial charge is 0.264 e. The van der Waals surface area contributed by atoms with Crippen LogP contribution in [0, 0.1) is 13.8 Å². The molecule has 40 heavy (non-hydrogen) atoms. The molecule has 1 N–H and O–H groups in total. The van der Waals surface area contributed by atoms with Gasteiger partial charge in [-0.1, -0.05) is 23.7 Å². The van der Waals surface area contributed by atoms with Crippen LogP contribution in [-0.4, -0.2) is 44.5 Å². The zero-order valence-electron chi connectivity index (χ0n) is 22.3. The highest BCUT2D eigenvalue weighted by Crippen LogP contribution is 2.36. The maximum absolute atomic E-state index is 14.2. The third-order valence-electron chi connectivity index (χ3n) is 6.83. The Labute approximate surface area is 233 Å². The SMILES string of the molecule is Cc1nn(CC(C)(C)O)c(C)c1-c1ccc2ncc(-c3cc(-c4nc5ccc(Cl)cn5n4)ccc3C(F)F)n2c1. The Bertz CT molecular complexity index is 1900. The minimum absolute atomic E-state index is 0.117. The molecule has 6 rings (SSSR count). The number of alkyl halides is 2. The number of aromatic nitrogens is 7. The first-order chi connectivity index (χ1) is 19.0. The lowest BCUT2D eigenvalue weighted by molar-refractivity contribution is 0.0570. The summed E-state index contributed by atoms with van der Waals surface area (Å²) in [7, 11) is 0. The molecule has 0 unspecified atom stereocenters. The highest BCUT2D eigenvalue weighted by atomic mass is 35.5. The van der Waals surface area contributed by atoms with Gasteiger partial charge in [-0.05, 0) is 58.0 Å². The van der Waals surface area contributed by atoms with Gasteiger partial charge in [0.1, 0.15) is 5.65 Å². The number of imidazole rings is 1. The van der Waals surface area contributed by atoms with E-state index < -0.39 is 12.0 Å². The molecule has 0 saturated heterocycles. The summed E-state index contributed by atoms with van der Waals surface area (Å²) < 4.78 is 33.6. The van der Waals surface area contributed by atoms with E-state index in [1.54, 1.807) is 59.7 Å². The van der Waals surface area contributed by atoms with Gasteiger partial charge in [0, 0.05) is 45.9 Å². The van der Waals surface area contributed by atoms with Gasteiger partial charge in [-0.25, -0.2) is 23.3 Å². The fourth-order valence-corrected chi connectivity index (χ4v) is 5.21. The van der Waals surface area contributed by atoms with Crippen LogP contribution >= 0.6 is 11.6 Å². The first-order valence-corrected chi connectivity index (χ1v) is 13.0. The van der Waals surface area contributed by atoms with Crippen molar-refractivity contribution in [2.24, 2.45) is 0 Å². The molecule has 1 aromatic carbocycles. The summed E-state index contributed by atoms with van der Waals surface area (Å²) in [4.78, 5) is 9.03. The monoisotopic (exact) mass is 561 g/mol. The van der Waals surface area contributed by atoms with E-state index in [1.165, 1.54) is 6.07 Å². The molecule has 0 aliphatic heterocycles. The van der Waals surface area contributed by atoms with Crippen molar-refractivity contribution in [1.29, 1.82) is 0 Å². The summed E-state index contributed by atoms with van der Waals surface area (Å²) in [6.45, 7) is 7.67. The molecule has 11 heteroatoms. The van der Waals surface area contributed by atoms with Crippen molar-refractivity contribution < 1.29 is 13.9 Å². The Morgan fingerprint density at radius 2 is 1.73 bits per heavy atom. The van der Waals surface area contributed by atoms with Crippen molar-refractivity contribution >= 4 is 22.9 Å². The van der Waals surface area contributed by atoms with Gasteiger partial charge in [-0.15, -0.1) is 5.10 Å². The van der Waals surface area contributed by atoms with Gasteiger partial charge in [0.15, 0.2) is 11.5 Å². The number of pyridine rings is 2. The average Bonchev–Trinajstić information content (AvgIpc) is 3.57. The zero-order chi connectivity index (χ0) is 28.3. The van der Waals surface area contributed by atoms with Crippen molar-refractivity contribution in [2.75, 3.05) is 0 Å². The van der Waals surface area contributed by atoms with E-state index in [4.69, 9.17) is 11.6 Å². The number of aryl methyl sites for hydroxylation is 1. The molecule has 0 amide bonds. The second kappa shape index (κ2) is 9.50. The number of hydrogen-bond acceptors (Lipinski definition) is 5. The van der Waals surface area contributed by atoms with Crippen molar-refractivity contribution in [3.63, 3.8) is 0 Å². The molecule has 6 aromatic rings. The van der Waals surface area contributed by atoms with Gasteiger partial charge in [-0.3, -0.25) is 9.08 Å². The predicted molar refractivity (Wildman–Crippen MR) is 150 cm³/mol. The van der Waals surface area contributed by atoms with Gasteiger partial charge in [0.2, 0.25) is 0 Å². The van der Waals surface area contributed by atoms with Crippen molar-refractivity contribution in [3.8, 4) is 33.8 Å². The van der Waals surface area contributed by atoms with Crippen molar-refractivity contribution in [2.45, 2.75) is 46.3 Å². The van der Waals surface area contributed by atoms with E-state index in [1.807, 2.05) is 36.6 Å². The van der Waals surface area contributed by atoms with Crippen molar-refractivity contribution in [3.05, 3.63) is 83.0 Å². The fraction of sp³-hybridized carbons (Fsp3) is 0.241. The molecule has 0 aliphatic carbocycles. The Morgan fingerprint density at radius 1 is 0.975 bits per heavy atom. The van der Waals surface area contributed by atoms with Gasteiger partial charge in [0.25, 0.3) is 6.43 Å². The maximum atomic E-state index is 14.2. The van der Waals surface area contributed by atoms with Gasteiger partial charge in [-0.2, -0.15) is 5.10 Å². The second-order valence-electron chi connectivity index (χ2n) is 10.5. The fourth-order valence-electron chi connectivity index (χ4n) is 5.05. The van der Waals surface area contributed by atoms with Crippen LogP contribution < -0.4 is 0 Å². The van der Waals surface area contributed by atoms with E-state index in [-0.39, 0.29) is 5.56 Å². The predicted octanol–water partition coefficient (Wildman–Crippen LogP) is 6.55. The molecule has 0 fully saturated rings. The Kier molecular flexibility index (Phi) is 6.19. The maximum Gasteiger partial charge on any atom is 0.264 e. The summed E-state index contributed by atoms with van der Waals surface area (Å²) in [6, 6.07) is 11.9. The first-order valence-electron chi connectivity index (χ1n) is 12.7. The molecule has 5 aromatic heterocycles. The topological polar surface area (TPSA) is 85.5 Å². The average molecular weight is 562 g/mol. The summed E-state index contributed by atoms with van der Waals surface area (Å²) in [6.07, 6.45) is 2.42. The number of nitrogens with zero attached hydrogens (tertiary/aromatic N) is 7. The number of fused-ring (bicyclic) bond motifs is 2. The molecule has 0 atom stereocenters. The van der Waals surface area contributed by atoms with Crippen LogP contribution in [-0.2, 0) is 6.54 Å². The molecule has 0 aliphatic rings. The van der Waals surface area contributed by atoms with E-state index in [9.17, 15) is 13.9 Å². The minimum Gasteiger partial charge on any atom is -0.389 e. The summed E-state index contributed by atoms with van der Waals surface area (Å²) in [5.74, 6) is 0.393. The van der Waals surface area contributed by atoms with E-state index in [2.05, 4.69) is 20.2 Å². The Balaban J connectivity index is 1.49. The lowest BCUT2D eigenvalue weighted by atomic mass is 10.0. The Hall–Kier alpha value is -4.15. The summed E-state index contributed by atoms with van der Waals surface area (Å²) >= 11 is 6.09. The minimum atomic E-state index is -2.70. The van der Waals surface area contributed by atoms with E-state index >= 15 is 0 Å². The number of rotatable bonds is 6. The molecule has 0 bridgehead atoms. The van der Waals surface area contributed by atoms with Gasteiger partial charge >= 0.3 is 0 Å². The molecule has 5 heterocycles. The van der Waals surface area contributed by atoms with Crippen LogP contribution in [0.3, 0.4) is 0 Å². The standard InChI is InChI=1S/C29H26ClF2N7O/c1-16-26(17(2)39(35-16)15-29(3,4)40)19-6-9-24-33-12-23(37(24)13-19)22-11-18(5-8-21(22)27(31)32)28-34-25-10-7-20(30)14-38(25)36-28/h5-14,27,40H,15H2,1-4H3. The molecule has 0 radical (unpaired) electrons. The van der Waals surface area contributed by atoms with Gasteiger partial charge < -0.3 is 5.11 Å². The van der Waals surface area contributed by atoms with Crippen molar-refractivity contribution in [1.82, 2.24) is 33.8 Å². The van der Waals surface area contributed by atoms with Gasteiger partial charge in [0.05, 0.1) is 34.8 Å². The van der Waals surface area contributed by atoms with Crippen LogP contribution in [0.2, 0.25) is 5.02 Å². The zero-order valence-corrected chi connectivity index (χ0v) is 23.0. The first kappa shape index (κ1) is 26.1. The Morgan fingerprint density at radius 3 is 2.48 bits per heavy atom. The van der Waals surface area contributed by atoms with Crippen LogP contribution in [0.15, 0.2) is 61.1 Å². The van der Waals surface area contributed by atoms with Crippen LogP contribution in [0.25, 0.3) is 45.1 Å². The van der Waals surface area contributed by atoms with Crippen LogP contribution in [0.4, 0.5) is 8.78 Å². The highest BCUT2D eigenvalue weighted by molar-refractivity contribution is 6.30. The van der Waals surface area contributed by atoms with Crippen LogP contribution in [0.1, 0.15) is 37.2 Å². The third-order valence-corrected chi connectivity index (χ3v) is 7.05. The molecule has 0 spiro atoms. The second-order valence-corrected chi connectivity index (χ2v) is 10.9. The lowest BCUT2D eigenvalue weighted by Gasteiger charge is -2.18. The largest absolute Gasteiger partial charge is 0.389 e.